The van der Waals surface area contributed by atoms with Crippen LogP contribution in [0.1, 0.15) is 0 Å². The first-order valence-corrected chi connectivity index (χ1v) is 5.74. The van der Waals surface area contributed by atoms with Gasteiger partial charge in [-0.1, -0.05) is 0 Å². The monoisotopic (exact) mass is 158 g/mol. The van der Waals surface area contributed by atoms with E-state index in [0.29, 0.717) is 0 Å². The summed E-state index contributed by atoms with van der Waals surface area (Å²) in [4.78, 5) is 0. The first-order valence-electron chi connectivity index (χ1n) is 1.92. The Hall–Kier alpha value is 0.154. The molecule has 0 aromatic rings. The van der Waals surface area contributed by atoms with Crippen molar-refractivity contribution in [2.75, 3.05) is 0 Å². The van der Waals surface area contributed by atoms with E-state index in [4.69, 9.17) is 0 Å². The molecule has 0 spiro atoms. The van der Waals surface area contributed by atoms with E-state index in [1.54, 1.807) is 0 Å². The Bertz CT molecular complexity index is 123. The molecular formula is C2H2F4Si2. The predicted molar refractivity (Wildman–Crippen MR) is 24.2 cm³/mol. The summed E-state index contributed by atoms with van der Waals surface area (Å²) in [5.74, 6) is 0. The third-order valence-electron chi connectivity index (χ3n) is 0.946. The number of rotatable bonds is 0. The summed E-state index contributed by atoms with van der Waals surface area (Å²) in [6.45, 7) is 0. The van der Waals surface area contributed by atoms with Crippen LogP contribution < -0.4 is 0 Å². The zero-order chi connectivity index (χ0) is 6.41. The lowest BCUT2D eigenvalue weighted by molar-refractivity contribution is -0.107. The van der Waals surface area contributed by atoms with Gasteiger partial charge >= 0.3 is 0 Å². The molecule has 1 aliphatic rings. The van der Waals surface area contributed by atoms with Crippen molar-refractivity contribution in [3.8, 4) is 0 Å². The van der Waals surface area contributed by atoms with Crippen molar-refractivity contribution in [2.45, 2.75) is 11.1 Å². The summed E-state index contributed by atoms with van der Waals surface area (Å²) in [5.41, 5.74) is -7.19. The van der Waals surface area contributed by atoms with Gasteiger partial charge in [-0.25, -0.2) is 17.6 Å². The quantitative estimate of drug-likeness (QED) is 0.343. The van der Waals surface area contributed by atoms with E-state index in [-0.39, 0.29) is 0 Å². The Kier molecular flexibility index (Phi) is 1.06. The number of halogens is 4. The van der Waals surface area contributed by atoms with Gasteiger partial charge in [0.1, 0.15) is 0 Å². The van der Waals surface area contributed by atoms with Gasteiger partial charge in [0.15, 0.2) is 0 Å². The SMILES string of the molecule is FC1(F)[SiH]=[SiH]C1(F)F. The molecule has 6 heteroatoms. The molecular weight excluding hydrogens is 156 g/mol. The molecule has 0 N–H and O–H groups in total. The molecule has 0 amide bonds. The molecule has 1 heterocycles. The first-order chi connectivity index (χ1) is 3.46. The van der Waals surface area contributed by atoms with Crippen molar-refractivity contribution in [2.24, 2.45) is 0 Å². The van der Waals surface area contributed by atoms with E-state index < -0.39 is 28.3 Å². The summed E-state index contributed by atoms with van der Waals surface area (Å²) >= 11 is 0. The van der Waals surface area contributed by atoms with E-state index in [1.807, 2.05) is 0 Å². The van der Waals surface area contributed by atoms with E-state index in [2.05, 4.69) is 0 Å². The molecule has 0 fully saturated rings. The Balaban J connectivity index is 2.82. The van der Waals surface area contributed by atoms with Crippen LogP contribution >= 0.6 is 0 Å². The van der Waals surface area contributed by atoms with Crippen molar-refractivity contribution in [1.29, 1.82) is 0 Å². The normalized spacial score (nSPS) is 29.5. The van der Waals surface area contributed by atoms with Crippen molar-refractivity contribution in [3.63, 3.8) is 0 Å². The Labute approximate surface area is 46.8 Å². The fraction of sp³-hybridized carbons (Fsp3) is 1.00. The van der Waals surface area contributed by atoms with E-state index in [0.717, 1.165) is 0 Å². The molecule has 0 atom stereocenters. The van der Waals surface area contributed by atoms with Crippen molar-refractivity contribution in [3.05, 3.63) is 0 Å². The Morgan fingerprint density at radius 2 is 1.00 bits per heavy atom. The minimum atomic E-state index is -3.59. The molecule has 8 heavy (non-hydrogen) atoms. The molecule has 0 bridgehead atoms. The van der Waals surface area contributed by atoms with Gasteiger partial charge in [0, 0.05) is 0 Å². The number of hydrogen-bond acceptors (Lipinski definition) is 0. The number of alkyl halides is 4. The molecule has 0 nitrogen and oxygen atoms in total. The third-order valence-corrected chi connectivity index (χ3v) is 6.07. The van der Waals surface area contributed by atoms with Gasteiger partial charge in [-0.2, -0.15) is 0 Å². The highest BCUT2D eigenvalue weighted by Crippen LogP contribution is 2.34. The molecule has 1 rings (SSSR count). The predicted octanol–water partition coefficient (Wildman–Crippen LogP) is -0.0264. The van der Waals surface area contributed by atoms with Crippen LogP contribution in [0.4, 0.5) is 17.6 Å². The molecule has 0 aromatic heterocycles. The third kappa shape index (κ3) is 0.626. The first kappa shape index (κ1) is 6.28. The maximum atomic E-state index is 11.6. The van der Waals surface area contributed by atoms with Crippen LogP contribution in [0.3, 0.4) is 0 Å². The summed E-state index contributed by atoms with van der Waals surface area (Å²) < 4.78 is 46.5. The van der Waals surface area contributed by atoms with Gasteiger partial charge in [0.2, 0.25) is 0 Å². The van der Waals surface area contributed by atoms with Gasteiger partial charge in [-0.15, -0.1) is 0 Å². The zero-order valence-corrected chi connectivity index (χ0v) is 5.98. The average molecular weight is 158 g/mol. The molecule has 0 saturated carbocycles. The second kappa shape index (κ2) is 1.35. The van der Waals surface area contributed by atoms with E-state index in [1.165, 1.54) is 0 Å². The lowest BCUT2D eigenvalue weighted by Crippen LogP contribution is -2.56. The van der Waals surface area contributed by atoms with Crippen molar-refractivity contribution in [1.82, 2.24) is 0 Å². The van der Waals surface area contributed by atoms with Crippen molar-refractivity contribution < 1.29 is 17.6 Å². The zero-order valence-electron chi connectivity index (χ0n) is 3.67. The minimum Gasteiger partial charge on any atom is -0.202 e. The second-order valence-electron chi connectivity index (χ2n) is 1.58. The molecule has 0 aromatic carbocycles. The summed E-state index contributed by atoms with van der Waals surface area (Å²) in [7, 11) is -2.47. The average Bonchev–Trinajstić information content (AvgIpc) is 1.64. The summed E-state index contributed by atoms with van der Waals surface area (Å²) in [5, 5.41) is 0. The molecule has 1 aliphatic heterocycles. The van der Waals surface area contributed by atoms with Crippen LogP contribution in [0.2, 0.25) is 0 Å². The van der Waals surface area contributed by atoms with Crippen molar-refractivity contribution >= 4 is 17.2 Å². The Morgan fingerprint density at radius 1 is 0.750 bits per heavy atom. The summed E-state index contributed by atoms with van der Waals surface area (Å²) in [6.07, 6.45) is 0. The molecule has 0 unspecified atom stereocenters. The largest absolute Gasteiger partial charge is 0.296 e. The van der Waals surface area contributed by atoms with Gasteiger partial charge in [-0.05, 0) is 0 Å². The standard InChI is InChI=1S/C2H2F4Si2/c3-1(4)2(5,6)8-7-1/h7-8H. The molecule has 0 radical (unpaired) electrons. The van der Waals surface area contributed by atoms with Crippen LogP contribution in [-0.4, -0.2) is 28.3 Å². The van der Waals surface area contributed by atoms with E-state index in [9.17, 15) is 17.6 Å². The maximum Gasteiger partial charge on any atom is 0.296 e. The van der Waals surface area contributed by atoms with Crippen LogP contribution in [0.25, 0.3) is 0 Å². The summed E-state index contributed by atoms with van der Waals surface area (Å²) in [6, 6.07) is 0. The topological polar surface area (TPSA) is 0 Å². The highest BCUT2D eigenvalue weighted by atomic mass is 28.9. The van der Waals surface area contributed by atoms with Crippen LogP contribution in [0.15, 0.2) is 0 Å². The molecule has 0 aliphatic carbocycles. The lowest BCUT2D eigenvalue weighted by Gasteiger charge is -2.28. The van der Waals surface area contributed by atoms with Crippen LogP contribution in [0.5, 0.6) is 0 Å². The smallest absolute Gasteiger partial charge is 0.202 e. The van der Waals surface area contributed by atoms with Gasteiger partial charge < -0.3 is 0 Å². The van der Waals surface area contributed by atoms with E-state index >= 15 is 0 Å². The molecule has 46 valence electrons. The highest BCUT2D eigenvalue weighted by molar-refractivity contribution is 6.83. The Morgan fingerprint density at radius 3 is 1.00 bits per heavy atom. The fourth-order valence-corrected chi connectivity index (χ4v) is 3.02. The lowest BCUT2D eigenvalue weighted by atomic mass is 10.7. The fourth-order valence-electron chi connectivity index (χ4n) is 0.335. The highest BCUT2D eigenvalue weighted by Gasteiger charge is 2.58. The minimum absolute atomic E-state index is 1.24. The maximum absolute atomic E-state index is 11.6. The molecule has 0 saturated heterocycles. The van der Waals surface area contributed by atoms with Gasteiger partial charge in [0.05, 0.1) is 17.2 Å². The van der Waals surface area contributed by atoms with Gasteiger partial charge in [0.25, 0.3) is 11.1 Å². The second-order valence-corrected chi connectivity index (χ2v) is 5.70. The number of hydrogen-bond donors (Lipinski definition) is 0. The van der Waals surface area contributed by atoms with Crippen LogP contribution in [-0.2, 0) is 0 Å². The van der Waals surface area contributed by atoms with Crippen LogP contribution in [0, 0.1) is 0 Å². The van der Waals surface area contributed by atoms with Gasteiger partial charge in [-0.3, -0.25) is 0 Å².